The van der Waals surface area contributed by atoms with Crippen molar-refractivity contribution in [2.75, 3.05) is 36.8 Å². The molecule has 0 aliphatic carbocycles. The lowest BCUT2D eigenvalue weighted by atomic mass is 10.2. The van der Waals surface area contributed by atoms with E-state index in [0.29, 0.717) is 43.1 Å². The number of pyridine rings is 1. The van der Waals surface area contributed by atoms with Gasteiger partial charge in [0.05, 0.1) is 0 Å². The van der Waals surface area contributed by atoms with Crippen molar-refractivity contribution in [2.24, 2.45) is 0 Å². The molecule has 1 aromatic heterocycles. The molecular formula is C20H21N5O4. The molecule has 1 saturated heterocycles. The SMILES string of the molecule is CC(=O)Nc1cccc(NC(=O)c2ccnc(C(=O)N3CCN(C=O)CC3)c2)c1. The molecule has 0 radical (unpaired) electrons. The van der Waals surface area contributed by atoms with Gasteiger partial charge < -0.3 is 20.4 Å². The number of hydrogen-bond acceptors (Lipinski definition) is 5. The summed E-state index contributed by atoms with van der Waals surface area (Å²) in [7, 11) is 0. The molecule has 2 heterocycles. The fourth-order valence-corrected chi connectivity index (χ4v) is 2.96. The number of piperazine rings is 1. The first kappa shape index (κ1) is 20.0. The highest BCUT2D eigenvalue weighted by molar-refractivity contribution is 6.06. The first-order chi connectivity index (χ1) is 14.0. The van der Waals surface area contributed by atoms with Crippen LogP contribution in [0.3, 0.4) is 0 Å². The lowest BCUT2D eigenvalue weighted by Crippen LogP contribution is -2.48. The predicted octanol–water partition coefficient (Wildman–Crippen LogP) is 1.21. The van der Waals surface area contributed by atoms with Gasteiger partial charge >= 0.3 is 0 Å². The molecule has 0 atom stereocenters. The second kappa shape index (κ2) is 8.96. The van der Waals surface area contributed by atoms with Crippen LogP contribution in [-0.2, 0) is 9.59 Å². The molecule has 1 aromatic carbocycles. The van der Waals surface area contributed by atoms with Gasteiger partial charge in [-0.2, -0.15) is 0 Å². The van der Waals surface area contributed by atoms with Crippen LogP contribution >= 0.6 is 0 Å². The van der Waals surface area contributed by atoms with Crippen molar-refractivity contribution in [1.82, 2.24) is 14.8 Å². The van der Waals surface area contributed by atoms with Gasteiger partial charge in [-0.25, -0.2) is 0 Å². The molecule has 1 aliphatic rings. The van der Waals surface area contributed by atoms with Crippen molar-refractivity contribution < 1.29 is 19.2 Å². The number of carbonyl (C=O) groups excluding carboxylic acids is 4. The highest BCUT2D eigenvalue weighted by Gasteiger charge is 2.23. The van der Waals surface area contributed by atoms with E-state index in [1.54, 1.807) is 34.1 Å². The van der Waals surface area contributed by atoms with E-state index in [-0.39, 0.29) is 17.5 Å². The van der Waals surface area contributed by atoms with Crippen molar-refractivity contribution in [3.05, 3.63) is 53.9 Å². The van der Waals surface area contributed by atoms with E-state index in [2.05, 4.69) is 15.6 Å². The molecule has 2 N–H and O–H groups in total. The van der Waals surface area contributed by atoms with Crippen LogP contribution in [-0.4, -0.2) is 65.1 Å². The van der Waals surface area contributed by atoms with Crippen molar-refractivity contribution >= 4 is 35.5 Å². The minimum Gasteiger partial charge on any atom is -0.342 e. The van der Waals surface area contributed by atoms with Crippen LogP contribution in [0.25, 0.3) is 0 Å². The van der Waals surface area contributed by atoms with Gasteiger partial charge in [0, 0.05) is 56.2 Å². The summed E-state index contributed by atoms with van der Waals surface area (Å²) in [4.78, 5) is 54.5. The molecule has 0 bridgehead atoms. The number of nitrogens with one attached hydrogen (secondary N) is 2. The number of hydrogen-bond donors (Lipinski definition) is 2. The maximum absolute atomic E-state index is 12.7. The molecule has 0 spiro atoms. The summed E-state index contributed by atoms with van der Waals surface area (Å²) in [5.41, 5.74) is 1.54. The second-order valence-electron chi connectivity index (χ2n) is 6.58. The lowest BCUT2D eigenvalue weighted by molar-refractivity contribution is -0.119. The molecule has 9 heteroatoms. The molecule has 0 unspecified atom stereocenters. The van der Waals surface area contributed by atoms with Gasteiger partial charge in [0.2, 0.25) is 12.3 Å². The topological polar surface area (TPSA) is 112 Å². The molecule has 150 valence electrons. The molecular weight excluding hydrogens is 374 g/mol. The van der Waals surface area contributed by atoms with E-state index < -0.39 is 5.91 Å². The van der Waals surface area contributed by atoms with Crippen LogP contribution in [0.2, 0.25) is 0 Å². The Balaban J connectivity index is 1.69. The molecule has 4 amide bonds. The first-order valence-electron chi connectivity index (χ1n) is 9.10. The average molecular weight is 395 g/mol. The third kappa shape index (κ3) is 5.16. The Bertz CT molecular complexity index is 938. The zero-order valence-corrected chi connectivity index (χ0v) is 15.9. The summed E-state index contributed by atoms with van der Waals surface area (Å²) >= 11 is 0. The molecule has 1 aliphatic heterocycles. The van der Waals surface area contributed by atoms with Gasteiger partial charge in [0.15, 0.2) is 0 Å². The quantitative estimate of drug-likeness (QED) is 0.739. The monoisotopic (exact) mass is 395 g/mol. The Hall–Kier alpha value is -3.75. The van der Waals surface area contributed by atoms with Crippen LogP contribution in [0.1, 0.15) is 27.8 Å². The van der Waals surface area contributed by atoms with Gasteiger partial charge in [-0.15, -0.1) is 0 Å². The van der Waals surface area contributed by atoms with E-state index in [0.717, 1.165) is 6.41 Å². The van der Waals surface area contributed by atoms with Gasteiger partial charge in [0.1, 0.15) is 5.69 Å². The maximum atomic E-state index is 12.7. The molecule has 3 rings (SSSR count). The number of aromatic nitrogens is 1. The van der Waals surface area contributed by atoms with Crippen LogP contribution in [0.5, 0.6) is 0 Å². The standard InChI is InChI=1S/C20H21N5O4/c1-14(27)22-16-3-2-4-17(12-16)23-19(28)15-5-6-21-18(11-15)20(29)25-9-7-24(13-26)8-10-25/h2-6,11-13H,7-10H2,1H3,(H,22,27)(H,23,28). The van der Waals surface area contributed by atoms with E-state index in [1.807, 2.05) is 0 Å². The van der Waals surface area contributed by atoms with Gasteiger partial charge in [-0.1, -0.05) is 6.07 Å². The van der Waals surface area contributed by atoms with E-state index >= 15 is 0 Å². The molecule has 29 heavy (non-hydrogen) atoms. The zero-order chi connectivity index (χ0) is 20.8. The number of amides is 4. The third-order valence-electron chi connectivity index (χ3n) is 4.43. The highest BCUT2D eigenvalue weighted by Crippen LogP contribution is 2.16. The Morgan fingerprint density at radius 3 is 2.34 bits per heavy atom. The second-order valence-corrected chi connectivity index (χ2v) is 6.58. The fourth-order valence-electron chi connectivity index (χ4n) is 2.96. The van der Waals surface area contributed by atoms with Crippen molar-refractivity contribution in [3.63, 3.8) is 0 Å². The summed E-state index contributed by atoms with van der Waals surface area (Å²) in [5.74, 6) is -0.884. The van der Waals surface area contributed by atoms with Crippen LogP contribution in [0, 0.1) is 0 Å². The minimum atomic E-state index is -0.396. The molecule has 0 saturated carbocycles. The van der Waals surface area contributed by atoms with Crippen molar-refractivity contribution in [3.8, 4) is 0 Å². The van der Waals surface area contributed by atoms with Gasteiger partial charge in [0.25, 0.3) is 11.8 Å². The predicted molar refractivity (Wildman–Crippen MR) is 106 cm³/mol. The summed E-state index contributed by atoms with van der Waals surface area (Å²) < 4.78 is 0. The summed E-state index contributed by atoms with van der Waals surface area (Å²) in [6.45, 7) is 3.19. The molecule has 1 fully saturated rings. The number of rotatable bonds is 5. The average Bonchev–Trinajstić information content (AvgIpc) is 2.73. The van der Waals surface area contributed by atoms with Crippen molar-refractivity contribution in [2.45, 2.75) is 6.92 Å². The largest absolute Gasteiger partial charge is 0.342 e. The van der Waals surface area contributed by atoms with Crippen LogP contribution < -0.4 is 10.6 Å². The fraction of sp³-hybridized carbons (Fsp3) is 0.250. The normalized spacial score (nSPS) is 13.6. The maximum Gasteiger partial charge on any atom is 0.272 e. The Kier molecular flexibility index (Phi) is 6.18. The number of carbonyl (C=O) groups is 4. The molecule has 2 aromatic rings. The Morgan fingerprint density at radius 2 is 1.69 bits per heavy atom. The summed E-state index contributed by atoms with van der Waals surface area (Å²) in [5, 5.41) is 5.39. The van der Waals surface area contributed by atoms with Crippen LogP contribution in [0.15, 0.2) is 42.6 Å². The highest BCUT2D eigenvalue weighted by atomic mass is 16.2. The number of nitrogens with zero attached hydrogens (tertiary/aromatic N) is 3. The Morgan fingerprint density at radius 1 is 1.00 bits per heavy atom. The Labute approximate surface area is 167 Å². The summed E-state index contributed by atoms with van der Waals surface area (Å²) in [6, 6.07) is 9.73. The van der Waals surface area contributed by atoms with Gasteiger partial charge in [-0.3, -0.25) is 24.2 Å². The van der Waals surface area contributed by atoms with Crippen LogP contribution in [0.4, 0.5) is 11.4 Å². The van der Waals surface area contributed by atoms with Crippen molar-refractivity contribution in [1.29, 1.82) is 0 Å². The lowest BCUT2D eigenvalue weighted by Gasteiger charge is -2.32. The third-order valence-corrected chi connectivity index (χ3v) is 4.43. The molecule has 9 nitrogen and oxygen atoms in total. The van der Waals surface area contributed by atoms with E-state index in [1.165, 1.54) is 25.3 Å². The van der Waals surface area contributed by atoms with E-state index in [4.69, 9.17) is 0 Å². The van der Waals surface area contributed by atoms with Gasteiger partial charge in [-0.05, 0) is 30.3 Å². The summed E-state index contributed by atoms with van der Waals surface area (Å²) in [6.07, 6.45) is 2.18. The van der Waals surface area contributed by atoms with E-state index in [9.17, 15) is 19.2 Å². The zero-order valence-electron chi connectivity index (χ0n) is 15.9. The number of benzene rings is 1. The first-order valence-corrected chi connectivity index (χ1v) is 9.10. The minimum absolute atomic E-state index is 0.171. The smallest absolute Gasteiger partial charge is 0.272 e. The number of anilines is 2.